The smallest absolute Gasteiger partial charge is 0.340 e. The quantitative estimate of drug-likeness (QED) is 0.528. The third kappa shape index (κ3) is 4.68. The van der Waals surface area contributed by atoms with Crippen LogP contribution in [0.15, 0.2) is 60.9 Å². The number of anilines is 1. The SMILES string of the molecule is CCOC(=O)c1ccc(NC(=O)CN2NC3C4CC(c5ccc(Cl)cc5)NN4C=CN3C2=O)cc1. The van der Waals surface area contributed by atoms with Crippen molar-refractivity contribution in [3.63, 3.8) is 0 Å². The topological polar surface area (TPSA) is 106 Å². The fourth-order valence-electron chi connectivity index (χ4n) is 4.49. The Morgan fingerprint density at radius 3 is 2.54 bits per heavy atom. The molecule has 35 heavy (non-hydrogen) atoms. The van der Waals surface area contributed by atoms with Crippen LogP contribution in [0.25, 0.3) is 0 Å². The van der Waals surface area contributed by atoms with Crippen LogP contribution in [0.1, 0.15) is 35.3 Å². The summed E-state index contributed by atoms with van der Waals surface area (Å²) in [5.74, 6) is -0.783. The molecule has 0 aromatic heterocycles. The lowest BCUT2D eigenvalue weighted by atomic mass is 10.00. The Kier molecular flexibility index (Phi) is 6.33. The summed E-state index contributed by atoms with van der Waals surface area (Å²) in [4.78, 5) is 38.9. The molecule has 3 heterocycles. The van der Waals surface area contributed by atoms with Crippen molar-refractivity contribution in [2.45, 2.75) is 31.6 Å². The molecule has 0 spiro atoms. The maximum Gasteiger partial charge on any atom is 0.340 e. The first-order chi connectivity index (χ1) is 16.9. The molecular weight excluding hydrogens is 472 g/mol. The molecule has 2 aromatic carbocycles. The molecule has 3 amide bonds. The number of fused-ring (bicyclic) bond motifs is 3. The Bertz CT molecular complexity index is 1160. The Morgan fingerprint density at radius 2 is 1.83 bits per heavy atom. The van der Waals surface area contributed by atoms with Crippen molar-refractivity contribution < 1.29 is 19.1 Å². The van der Waals surface area contributed by atoms with Crippen molar-refractivity contribution in [2.24, 2.45) is 0 Å². The highest BCUT2D eigenvalue weighted by molar-refractivity contribution is 6.30. The maximum atomic E-state index is 12.9. The molecule has 3 N–H and O–H groups in total. The van der Waals surface area contributed by atoms with Crippen LogP contribution >= 0.6 is 11.6 Å². The summed E-state index contributed by atoms with van der Waals surface area (Å²) in [7, 11) is 0. The number of hydrazine groups is 2. The summed E-state index contributed by atoms with van der Waals surface area (Å²) in [6, 6.07) is 13.9. The number of rotatable bonds is 6. The van der Waals surface area contributed by atoms with E-state index in [0.29, 0.717) is 16.3 Å². The minimum absolute atomic E-state index is 0.0203. The van der Waals surface area contributed by atoms with E-state index in [0.717, 1.165) is 12.0 Å². The Balaban J connectivity index is 1.20. The average molecular weight is 497 g/mol. The van der Waals surface area contributed by atoms with E-state index in [1.165, 1.54) is 5.01 Å². The molecule has 2 fully saturated rings. The van der Waals surface area contributed by atoms with Gasteiger partial charge in [0, 0.05) is 23.1 Å². The van der Waals surface area contributed by atoms with Crippen molar-refractivity contribution in [1.82, 2.24) is 25.8 Å². The summed E-state index contributed by atoms with van der Waals surface area (Å²) < 4.78 is 4.96. The number of benzene rings is 2. The summed E-state index contributed by atoms with van der Waals surface area (Å²) >= 11 is 6.02. The van der Waals surface area contributed by atoms with Gasteiger partial charge in [0.1, 0.15) is 12.7 Å². The summed E-state index contributed by atoms with van der Waals surface area (Å²) in [5, 5.41) is 6.75. The van der Waals surface area contributed by atoms with Gasteiger partial charge in [0.25, 0.3) is 0 Å². The lowest BCUT2D eigenvalue weighted by molar-refractivity contribution is -0.117. The van der Waals surface area contributed by atoms with Gasteiger partial charge < -0.3 is 15.1 Å². The van der Waals surface area contributed by atoms with Crippen LogP contribution in [-0.2, 0) is 9.53 Å². The molecule has 11 heteroatoms. The molecule has 0 aliphatic carbocycles. The van der Waals surface area contributed by atoms with Gasteiger partial charge in [-0.15, -0.1) is 0 Å². The molecule has 5 rings (SSSR count). The van der Waals surface area contributed by atoms with Crippen molar-refractivity contribution in [3.8, 4) is 0 Å². The van der Waals surface area contributed by atoms with Crippen LogP contribution < -0.4 is 16.2 Å². The van der Waals surface area contributed by atoms with Crippen LogP contribution in [0.2, 0.25) is 5.02 Å². The van der Waals surface area contributed by atoms with Crippen molar-refractivity contribution in [2.75, 3.05) is 18.5 Å². The van der Waals surface area contributed by atoms with Gasteiger partial charge in [0.2, 0.25) is 5.91 Å². The van der Waals surface area contributed by atoms with E-state index >= 15 is 0 Å². The predicted octanol–water partition coefficient (Wildman–Crippen LogP) is 2.83. The molecule has 2 saturated heterocycles. The van der Waals surface area contributed by atoms with E-state index in [4.69, 9.17) is 16.3 Å². The normalized spacial score (nSPS) is 22.7. The first-order valence-corrected chi connectivity index (χ1v) is 11.7. The number of ether oxygens (including phenoxy) is 1. The zero-order valence-electron chi connectivity index (χ0n) is 19.0. The van der Waals surface area contributed by atoms with E-state index in [9.17, 15) is 14.4 Å². The molecule has 0 bridgehead atoms. The van der Waals surface area contributed by atoms with Gasteiger partial charge in [-0.1, -0.05) is 23.7 Å². The number of halogens is 1. The molecule has 0 radical (unpaired) electrons. The largest absolute Gasteiger partial charge is 0.462 e. The number of nitrogens with zero attached hydrogens (tertiary/aromatic N) is 3. The molecular formula is C24H25ClN6O4. The van der Waals surface area contributed by atoms with Gasteiger partial charge >= 0.3 is 12.0 Å². The molecule has 0 saturated carbocycles. The third-order valence-corrected chi connectivity index (χ3v) is 6.44. The fourth-order valence-corrected chi connectivity index (χ4v) is 4.62. The molecule has 3 aliphatic heterocycles. The molecule has 3 aliphatic rings. The predicted molar refractivity (Wildman–Crippen MR) is 129 cm³/mol. The van der Waals surface area contributed by atoms with Crippen LogP contribution in [0.5, 0.6) is 0 Å². The van der Waals surface area contributed by atoms with Crippen molar-refractivity contribution in [1.29, 1.82) is 0 Å². The highest BCUT2D eigenvalue weighted by Crippen LogP contribution is 2.34. The number of esters is 1. The maximum absolute atomic E-state index is 12.9. The Labute approximate surface area is 207 Å². The standard InChI is InChI=1S/C24H25ClN6O4/c1-2-35-23(33)16-5-9-18(10-6-16)26-21(32)14-31-24(34)29-11-12-30-20(22(29)28-31)13-19(27-30)15-3-7-17(25)8-4-15/h3-12,19-20,22,27-28H,2,13-14H2,1H3,(H,26,32). The molecule has 3 atom stereocenters. The monoisotopic (exact) mass is 496 g/mol. The van der Waals surface area contributed by atoms with Gasteiger partial charge in [-0.05, 0) is 55.3 Å². The van der Waals surface area contributed by atoms with Crippen LogP contribution in [0.4, 0.5) is 10.5 Å². The van der Waals surface area contributed by atoms with Crippen LogP contribution in [0, 0.1) is 0 Å². The number of carbonyl (C=O) groups is 3. The molecule has 10 nitrogen and oxygen atoms in total. The summed E-state index contributed by atoms with van der Waals surface area (Å²) in [6.45, 7) is 1.86. The zero-order chi connectivity index (χ0) is 24.5. The number of nitrogens with one attached hydrogen (secondary N) is 3. The number of amides is 3. The van der Waals surface area contributed by atoms with E-state index in [1.54, 1.807) is 42.3 Å². The number of carbonyl (C=O) groups excluding carboxylic acids is 3. The van der Waals surface area contributed by atoms with Crippen LogP contribution in [0.3, 0.4) is 0 Å². The Morgan fingerprint density at radius 1 is 1.09 bits per heavy atom. The van der Waals surface area contributed by atoms with E-state index in [2.05, 4.69) is 16.2 Å². The second kappa shape index (κ2) is 9.57. The average Bonchev–Trinajstić information content (AvgIpc) is 3.41. The third-order valence-electron chi connectivity index (χ3n) is 6.19. The van der Waals surface area contributed by atoms with Gasteiger partial charge in [0.15, 0.2) is 0 Å². The van der Waals surface area contributed by atoms with E-state index < -0.39 is 5.97 Å². The lowest BCUT2D eigenvalue weighted by Gasteiger charge is -2.34. The highest BCUT2D eigenvalue weighted by Gasteiger charge is 2.48. The number of hydrogen-bond acceptors (Lipinski definition) is 7. The second-order valence-electron chi connectivity index (χ2n) is 8.44. The van der Waals surface area contributed by atoms with Gasteiger partial charge in [0.05, 0.1) is 24.3 Å². The minimum Gasteiger partial charge on any atom is -0.462 e. The summed E-state index contributed by atoms with van der Waals surface area (Å²) in [5.41, 5.74) is 8.67. The number of hydrogen-bond donors (Lipinski definition) is 3. The van der Waals surface area contributed by atoms with Gasteiger partial charge in [-0.3, -0.25) is 9.69 Å². The first kappa shape index (κ1) is 23.2. The lowest BCUT2D eigenvalue weighted by Crippen LogP contribution is -2.54. The zero-order valence-corrected chi connectivity index (χ0v) is 19.7. The van der Waals surface area contributed by atoms with Crippen molar-refractivity contribution >= 4 is 35.2 Å². The van der Waals surface area contributed by atoms with Gasteiger partial charge in [-0.25, -0.2) is 25.4 Å². The highest BCUT2D eigenvalue weighted by atomic mass is 35.5. The van der Waals surface area contributed by atoms with E-state index in [1.807, 2.05) is 35.5 Å². The van der Waals surface area contributed by atoms with Crippen molar-refractivity contribution in [3.05, 3.63) is 77.1 Å². The molecule has 182 valence electrons. The second-order valence-corrected chi connectivity index (χ2v) is 8.87. The molecule has 2 aromatic rings. The van der Waals surface area contributed by atoms with Crippen LogP contribution in [-0.4, -0.2) is 58.2 Å². The number of urea groups is 1. The first-order valence-electron chi connectivity index (χ1n) is 11.3. The summed E-state index contributed by atoms with van der Waals surface area (Å²) in [6.07, 6.45) is 4.00. The van der Waals surface area contributed by atoms with E-state index in [-0.39, 0.29) is 43.3 Å². The fraction of sp³-hybridized carbons (Fsp3) is 0.292. The van der Waals surface area contributed by atoms with Gasteiger partial charge in [-0.2, -0.15) is 0 Å². The Hall–Kier alpha value is -3.60. The minimum atomic E-state index is -0.421. The molecule has 3 unspecified atom stereocenters.